The Bertz CT molecular complexity index is 1300. The molecule has 0 aliphatic carbocycles. The monoisotopic (exact) mass is 504 g/mol. The second-order valence-corrected chi connectivity index (χ2v) is 9.58. The lowest BCUT2D eigenvalue weighted by atomic mass is 10.2. The third kappa shape index (κ3) is 6.43. The lowest BCUT2D eigenvalue weighted by Crippen LogP contribution is -2.24. The Hall–Kier alpha value is -3.76. The number of aromatic nitrogens is 4. The summed E-state index contributed by atoms with van der Waals surface area (Å²) in [6.07, 6.45) is 5.56. The third-order valence-electron chi connectivity index (χ3n) is 5.05. The zero-order valence-electron chi connectivity index (χ0n) is 19.2. The van der Waals surface area contributed by atoms with Crippen LogP contribution in [0.3, 0.4) is 0 Å². The first-order chi connectivity index (χ1) is 17.0. The largest absolute Gasteiger partial charge is 0.323 e. The van der Waals surface area contributed by atoms with E-state index in [-0.39, 0.29) is 17.1 Å². The molecule has 178 valence electrons. The van der Waals surface area contributed by atoms with Crippen molar-refractivity contribution >= 4 is 51.8 Å². The van der Waals surface area contributed by atoms with Gasteiger partial charge in [-0.25, -0.2) is 4.98 Å². The molecule has 0 fully saturated rings. The Morgan fingerprint density at radius 2 is 1.86 bits per heavy atom. The maximum absolute atomic E-state index is 12.6. The summed E-state index contributed by atoms with van der Waals surface area (Å²) in [5.41, 5.74) is 2.49. The van der Waals surface area contributed by atoms with E-state index in [0.717, 1.165) is 11.1 Å². The molecule has 35 heavy (non-hydrogen) atoms. The van der Waals surface area contributed by atoms with Gasteiger partial charge >= 0.3 is 0 Å². The molecular formula is C25H24N6O2S2. The minimum Gasteiger partial charge on any atom is -0.323 e. The molecule has 1 atom stereocenters. The van der Waals surface area contributed by atoms with Crippen molar-refractivity contribution in [2.24, 2.45) is 7.05 Å². The van der Waals surface area contributed by atoms with Gasteiger partial charge in [-0.05, 0) is 42.3 Å². The fraction of sp³-hybridized carbons (Fsp3) is 0.160. The summed E-state index contributed by atoms with van der Waals surface area (Å²) >= 11 is 2.75. The van der Waals surface area contributed by atoms with Crippen LogP contribution in [-0.4, -0.2) is 36.8 Å². The smallest absolute Gasteiger partial charge is 0.248 e. The van der Waals surface area contributed by atoms with Crippen molar-refractivity contribution in [2.75, 3.05) is 10.6 Å². The van der Waals surface area contributed by atoms with Crippen LogP contribution in [0.5, 0.6) is 0 Å². The molecule has 2 aromatic heterocycles. The van der Waals surface area contributed by atoms with Crippen molar-refractivity contribution in [1.29, 1.82) is 0 Å². The van der Waals surface area contributed by atoms with Crippen LogP contribution < -0.4 is 10.6 Å². The van der Waals surface area contributed by atoms with Gasteiger partial charge in [0.25, 0.3) is 0 Å². The number of anilines is 2. The summed E-state index contributed by atoms with van der Waals surface area (Å²) in [7, 11) is 1.87. The van der Waals surface area contributed by atoms with Gasteiger partial charge in [0.05, 0.1) is 5.25 Å². The molecule has 8 nitrogen and oxygen atoms in total. The van der Waals surface area contributed by atoms with Gasteiger partial charge in [-0.3, -0.25) is 9.59 Å². The van der Waals surface area contributed by atoms with Crippen LogP contribution in [0, 0.1) is 0 Å². The maximum atomic E-state index is 12.6. The summed E-state index contributed by atoms with van der Waals surface area (Å²) in [4.78, 5) is 29.0. The fourth-order valence-corrected chi connectivity index (χ4v) is 4.66. The van der Waals surface area contributed by atoms with E-state index in [2.05, 4.69) is 25.8 Å². The highest BCUT2D eigenvalue weighted by Crippen LogP contribution is 2.28. The first-order valence-corrected chi connectivity index (χ1v) is 12.7. The van der Waals surface area contributed by atoms with Gasteiger partial charge in [-0.2, -0.15) is 0 Å². The summed E-state index contributed by atoms with van der Waals surface area (Å²) < 4.78 is 1.86. The molecule has 2 N–H and O–H groups in total. The van der Waals surface area contributed by atoms with Gasteiger partial charge in [-0.1, -0.05) is 49.0 Å². The molecule has 0 bridgehead atoms. The Balaban J connectivity index is 1.39. The average molecular weight is 505 g/mol. The van der Waals surface area contributed by atoms with Crippen molar-refractivity contribution < 1.29 is 9.59 Å². The number of carbonyl (C=O) groups is 2. The van der Waals surface area contributed by atoms with Gasteiger partial charge in [0.1, 0.15) is 0 Å². The average Bonchev–Trinajstić information content (AvgIpc) is 3.52. The molecule has 4 aromatic rings. The van der Waals surface area contributed by atoms with E-state index in [1.54, 1.807) is 12.3 Å². The van der Waals surface area contributed by atoms with Gasteiger partial charge < -0.3 is 15.2 Å². The lowest BCUT2D eigenvalue weighted by molar-refractivity contribution is -0.115. The molecule has 0 spiro atoms. The molecular weight excluding hydrogens is 480 g/mol. The number of hydrogen-bond donors (Lipinski definition) is 2. The molecule has 4 rings (SSSR count). The Kier molecular flexibility index (Phi) is 8.07. The number of hydrogen-bond acceptors (Lipinski definition) is 7. The Morgan fingerprint density at radius 3 is 2.54 bits per heavy atom. The third-order valence-corrected chi connectivity index (χ3v) is 7.13. The number of nitrogens with zero attached hydrogens (tertiary/aromatic N) is 4. The number of carbonyl (C=O) groups excluding carboxylic acids is 2. The van der Waals surface area contributed by atoms with Crippen LogP contribution in [0.15, 0.2) is 77.4 Å². The van der Waals surface area contributed by atoms with Crippen molar-refractivity contribution in [3.05, 3.63) is 77.8 Å². The normalized spacial score (nSPS) is 11.9. The zero-order valence-corrected chi connectivity index (χ0v) is 20.8. The molecule has 10 heteroatoms. The van der Waals surface area contributed by atoms with Gasteiger partial charge in [-0.15, -0.1) is 21.5 Å². The van der Waals surface area contributed by atoms with Crippen LogP contribution in [-0.2, 0) is 16.6 Å². The molecule has 0 saturated heterocycles. The van der Waals surface area contributed by atoms with E-state index >= 15 is 0 Å². The zero-order chi connectivity index (χ0) is 24.6. The maximum Gasteiger partial charge on any atom is 0.248 e. The van der Waals surface area contributed by atoms with Crippen LogP contribution >= 0.6 is 23.1 Å². The minimum absolute atomic E-state index is 0.113. The van der Waals surface area contributed by atoms with E-state index in [1.165, 1.54) is 29.2 Å². The molecule has 2 heterocycles. The van der Waals surface area contributed by atoms with Crippen LogP contribution in [0.2, 0.25) is 0 Å². The highest BCUT2D eigenvalue weighted by molar-refractivity contribution is 8.00. The number of benzene rings is 2. The first-order valence-electron chi connectivity index (χ1n) is 10.9. The molecule has 2 aromatic carbocycles. The molecule has 0 radical (unpaired) electrons. The lowest BCUT2D eigenvalue weighted by Gasteiger charge is -2.13. The summed E-state index contributed by atoms with van der Waals surface area (Å²) in [6.45, 7) is 1.96. The summed E-state index contributed by atoms with van der Waals surface area (Å²) in [5, 5.41) is 17.0. The SMILES string of the molecule is CCC(Sc1nnc(-c2ccc(NC(=O)/C=C/c3ccccc3)cc2)n1C)C(=O)Nc1nccs1. The van der Waals surface area contributed by atoms with Crippen LogP contribution in [0.4, 0.5) is 10.8 Å². The highest BCUT2D eigenvalue weighted by atomic mass is 32.2. The van der Waals surface area contributed by atoms with E-state index in [9.17, 15) is 9.59 Å². The molecule has 2 amide bonds. The number of nitrogens with one attached hydrogen (secondary N) is 2. The Labute approximate surface area is 211 Å². The second kappa shape index (κ2) is 11.6. The summed E-state index contributed by atoms with van der Waals surface area (Å²) in [6, 6.07) is 17.0. The quantitative estimate of drug-likeness (QED) is 0.243. The van der Waals surface area contributed by atoms with Gasteiger partial charge in [0.15, 0.2) is 16.1 Å². The number of amides is 2. The molecule has 1 unspecified atom stereocenters. The van der Waals surface area contributed by atoms with Crippen molar-refractivity contribution in [3.8, 4) is 11.4 Å². The minimum atomic E-state index is -0.323. The first kappa shape index (κ1) is 24.4. The highest BCUT2D eigenvalue weighted by Gasteiger charge is 2.22. The standard InChI is InChI=1S/C25H24N6O2S2/c1-3-20(23(33)28-24-26-15-16-34-24)35-25-30-29-22(31(25)2)18-10-12-19(13-11-18)27-21(32)14-9-17-7-5-4-6-8-17/h4-16,20H,3H2,1-2H3,(H,27,32)(H,26,28,33)/b14-9+. The van der Waals surface area contributed by atoms with Crippen molar-refractivity contribution in [1.82, 2.24) is 19.7 Å². The van der Waals surface area contributed by atoms with E-state index in [1.807, 2.05) is 78.5 Å². The van der Waals surface area contributed by atoms with E-state index < -0.39 is 0 Å². The molecule has 0 aliphatic rings. The van der Waals surface area contributed by atoms with Gasteiger partial charge in [0.2, 0.25) is 11.8 Å². The molecule has 0 aliphatic heterocycles. The molecule has 0 saturated carbocycles. The van der Waals surface area contributed by atoms with Gasteiger partial charge in [0, 0.05) is 36.0 Å². The second-order valence-electron chi connectivity index (χ2n) is 7.52. The van der Waals surface area contributed by atoms with Crippen LogP contribution in [0.1, 0.15) is 18.9 Å². The topological polar surface area (TPSA) is 102 Å². The van der Waals surface area contributed by atoms with E-state index in [4.69, 9.17) is 0 Å². The van der Waals surface area contributed by atoms with Crippen molar-refractivity contribution in [3.63, 3.8) is 0 Å². The number of thiazole rings is 1. The predicted molar refractivity (Wildman–Crippen MR) is 141 cm³/mol. The fourth-order valence-electron chi connectivity index (χ4n) is 3.21. The Morgan fingerprint density at radius 1 is 1.09 bits per heavy atom. The van der Waals surface area contributed by atoms with Crippen molar-refractivity contribution in [2.45, 2.75) is 23.8 Å². The number of rotatable bonds is 9. The predicted octanol–water partition coefficient (Wildman–Crippen LogP) is 5.10. The van der Waals surface area contributed by atoms with Crippen LogP contribution in [0.25, 0.3) is 17.5 Å². The number of thioether (sulfide) groups is 1. The van der Waals surface area contributed by atoms with E-state index in [0.29, 0.717) is 28.2 Å². The summed E-state index contributed by atoms with van der Waals surface area (Å²) in [5.74, 6) is 0.350.